The summed E-state index contributed by atoms with van der Waals surface area (Å²) in [6.07, 6.45) is -4.41. The highest BCUT2D eigenvalue weighted by atomic mass is 32.1. The summed E-state index contributed by atoms with van der Waals surface area (Å²) in [6, 6.07) is 10.2. The molecule has 3 aromatic rings. The van der Waals surface area contributed by atoms with Crippen molar-refractivity contribution in [1.29, 1.82) is 0 Å². The number of hydrogen-bond donors (Lipinski definition) is 2. The number of aryl methyl sites for hydroxylation is 2. The van der Waals surface area contributed by atoms with Crippen molar-refractivity contribution in [2.45, 2.75) is 20.0 Å². The Hall–Kier alpha value is -2.87. The Balaban J connectivity index is 1.70. The van der Waals surface area contributed by atoms with Crippen molar-refractivity contribution in [2.24, 2.45) is 0 Å². The van der Waals surface area contributed by atoms with Crippen LogP contribution in [0.2, 0.25) is 0 Å². The zero-order valence-corrected chi connectivity index (χ0v) is 15.3. The van der Waals surface area contributed by atoms with Gasteiger partial charge in [-0.1, -0.05) is 18.2 Å². The zero-order valence-electron chi connectivity index (χ0n) is 14.5. The van der Waals surface area contributed by atoms with Crippen LogP contribution in [0.25, 0.3) is 0 Å². The van der Waals surface area contributed by atoms with E-state index in [1.807, 2.05) is 32.0 Å². The number of benzene rings is 2. The molecule has 0 fully saturated rings. The molecule has 0 saturated heterocycles. The van der Waals surface area contributed by atoms with Crippen molar-refractivity contribution in [2.75, 3.05) is 10.6 Å². The maximum Gasteiger partial charge on any atom is 0.416 e. The summed E-state index contributed by atoms with van der Waals surface area (Å²) in [5.74, 6) is -0.486. The van der Waals surface area contributed by atoms with Crippen molar-refractivity contribution >= 4 is 33.8 Å². The van der Waals surface area contributed by atoms with E-state index in [-0.39, 0.29) is 11.4 Å². The number of alkyl halides is 3. The van der Waals surface area contributed by atoms with E-state index in [4.69, 9.17) is 0 Å². The molecule has 0 unspecified atom stereocenters. The van der Waals surface area contributed by atoms with Crippen LogP contribution in [-0.4, -0.2) is 10.9 Å². The lowest BCUT2D eigenvalue weighted by molar-refractivity contribution is -0.137. The average molecular weight is 391 g/mol. The standard InChI is InChI=1S/C19H16F3N3OS/c1-11-4-3-5-12(2)16(11)25-18-24-15(10-27-18)17(26)23-14-8-6-13(7-9-14)19(20,21)22/h3-10H,1-2H3,(H,23,26)(H,24,25). The smallest absolute Gasteiger partial charge is 0.331 e. The molecule has 0 radical (unpaired) electrons. The minimum Gasteiger partial charge on any atom is -0.331 e. The molecule has 1 amide bonds. The summed E-state index contributed by atoms with van der Waals surface area (Å²) < 4.78 is 37.7. The van der Waals surface area contributed by atoms with Gasteiger partial charge in [0.1, 0.15) is 5.69 Å². The first-order valence-corrected chi connectivity index (χ1v) is 8.89. The van der Waals surface area contributed by atoms with Crippen molar-refractivity contribution in [1.82, 2.24) is 4.98 Å². The van der Waals surface area contributed by atoms with Crippen molar-refractivity contribution in [3.05, 3.63) is 70.2 Å². The molecule has 8 heteroatoms. The second-order valence-corrected chi connectivity index (χ2v) is 6.82. The Labute approximate surface area is 158 Å². The third kappa shape index (κ3) is 4.46. The molecule has 0 saturated carbocycles. The molecule has 4 nitrogen and oxygen atoms in total. The quantitative estimate of drug-likeness (QED) is 0.593. The van der Waals surface area contributed by atoms with Gasteiger partial charge in [-0.05, 0) is 49.2 Å². The monoisotopic (exact) mass is 391 g/mol. The molecule has 0 aliphatic carbocycles. The maximum absolute atomic E-state index is 12.6. The van der Waals surface area contributed by atoms with Gasteiger partial charge in [0.2, 0.25) is 0 Å². The van der Waals surface area contributed by atoms with Crippen molar-refractivity contribution < 1.29 is 18.0 Å². The van der Waals surface area contributed by atoms with Crippen LogP contribution in [0.15, 0.2) is 47.8 Å². The maximum atomic E-state index is 12.6. The van der Waals surface area contributed by atoms with E-state index < -0.39 is 17.6 Å². The van der Waals surface area contributed by atoms with Crippen LogP contribution in [0.5, 0.6) is 0 Å². The highest BCUT2D eigenvalue weighted by molar-refractivity contribution is 7.14. The minimum atomic E-state index is -4.41. The minimum absolute atomic E-state index is 0.189. The van der Waals surface area contributed by atoms with Gasteiger partial charge in [0.25, 0.3) is 5.91 Å². The molecule has 2 N–H and O–H groups in total. The number of carbonyl (C=O) groups excluding carboxylic acids is 1. The summed E-state index contributed by atoms with van der Waals surface area (Å²) >= 11 is 1.27. The number of nitrogens with zero attached hydrogens (tertiary/aromatic N) is 1. The molecular formula is C19H16F3N3OS. The second kappa shape index (κ2) is 7.40. The number of hydrogen-bond acceptors (Lipinski definition) is 4. The van der Waals surface area contributed by atoms with E-state index in [9.17, 15) is 18.0 Å². The Kier molecular flexibility index (Phi) is 5.18. The highest BCUT2D eigenvalue weighted by Gasteiger charge is 2.30. The first-order valence-electron chi connectivity index (χ1n) is 8.01. The van der Waals surface area contributed by atoms with E-state index in [2.05, 4.69) is 15.6 Å². The first kappa shape index (κ1) is 18.9. The average Bonchev–Trinajstić information content (AvgIpc) is 3.07. The van der Waals surface area contributed by atoms with Gasteiger partial charge >= 0.3 is 6.18 Å². The van der Waals surface area contributed by atoms with Gasteiger partial charge in [0, 0.05) is 16.8 Å². The molecule has 3 rings (SSSR count). The number of nitrogens with one attached hydrogen (secondary N) is 2. The van der Waals surface area contributed by atoms with E-state index in [1.165, 1.54) is 23.5 Å². The van der Waals surface area contributed by atoms with Crippen LogP contribution in [-0.2, 0) is 6.18 Å². The molecule has 0 aliphatic heterocycles. The lowest BCUT2D eigenvalue weighted by Crippen LogP contribution is -2.13. The van der Waals surface area contributed by atoms with Gasteiger partial charge in [-0.25, -0.2) is 4.98 Å². The van der Waals surface area contributed by atoms with Gasteiger partial charge in [-0.3, -0.25) is 4.79 Å². The van der Waals surface area contributed by atoms with Crippen LogP contribution in [0, 0.1) is 13.8 Å². The number of thiazole rings is 1. The van der Waals surface area contributed by atoms with E-state index in [0.717, 1.165) is 28.9 Å². The number of aromatic nitrogens is 1. The van der Waals surface area contributed by atoms with Gasteiger partial charge in [0.15, 0.2) is 5.13 Å². The molecular weight excluding hydrogens is 375 g/mol. The topological polar surface area (TPSA) is 54.0 Å². The van der Waals surface area contributed by atoms with Gasteiger partial charge in [-0.15, -0.1) is 11.3 Å². The second-order valence-electron chi connectivity index (χ2n) is 5.96. The Morgan fingerprint density at radius 2 is 1.67 bits per heavy atom. The fourth-order valence-electron chi connectivity index (χ4n) is 2.49. The molecule has 0 aliphatic rings. The zero-order chi connectivity index (χ0) is 19.6. The lowest BCUT2D eigenvalue weighted by Gasteiger charge is -2.10. The number of amides is 1. The van der Waals surface area contributed by atoms with E-state index in [1.54, 1.807) is 5.38 Å². The number of rotatable bonds is 4. The Bertz CT molecular complexity index is 945. The molecule has 1 heterocycles. The van der Waals surface area contributed by atoms with E-state index >= 15 is 0 Å². The van der Waals surface area contributed by atoms with Crippen LogP contribution >= 0.6 is 11.3 Å². The fourth-order valence-corrected chi connectivity index (χ4v) is 3.19. The molecule has 0 bridgehead atoms. The number of carbonyl (C=O) groups is 1. The van der Waals surface area contributed by atoms with Gasteiger partial charge < -0.3 is 10.6 Å². The number of anilines is 3. The summed E-state index contributed by atoms with van der Waals surface area (Å²) in [5, 5.41) is 7.91. The van der Waals surface area contributed by atoms with Crippen molar-refractivity contribution in [3.8, 4) is 0 Å². The summed E-state index contributed by atoms with van der Waals surface area (Å²) in [4.78, 5) is 16.5. The largest absolute Gasteiger partial charge is 0.416 e. The molecule has 2 aromatic carbocycles. The third-order valence-electron chi connectivity index (χ3n) is 3.92. The predicted molar refractivity (Wildman–Crippen MR) is 101 cm³/mol. The van der Waals surface area contributed by atoms with Gasteiger partial charge in [0.05, 0.1) is 5.56 Å². The Morgan fingerprint density at radius 3 is 2.26 bits per heavy atom. The number of para-hydroxylation sites is 1. The summed E-state index contributed by atoms with van der Waals surface area (Å²) in [7, 11) is 0. The summed E-state index contributed by atoms with van der Waals surface area (Å²) in [6.45, 7) is 3.95. The SMILES string of the molecule is Cc1cccc(C)c1Nc1nc(C(=O)Nc2ccc(C(F)(F)F)cc2)cs1. The van der Waals surface area contributed by atoms with E-state index in [0.29, 0.717) is 5.13 Å². The van der Waals surface area contributed by atoms with Gasteiger partial charge in [-0.2, -0.15) is 13.2 Å². The molecule has 27 heavy (non-hydrogen) atoms. The van der Waals surface area contributed by atoms with Crippen LogP contribution in [0.1, 0.15) is 27.2 Å². The highest BCUT2D eigenvalue weighted by Crippen LogP contribution is 2.30. The number of halogens is 3. The normalized spacial score (nSPS) is 11.3. The molecule has 1 aromatic heterocycles. The molecule has 0 atom stereocenters. The lowest BCUT2D eigenvalue weighted by atomic mass is 10.1. The predicted octanol–water partition coefficient (Wildman–Crippen LogP) is 5.77. The van der Waals surface area contributed by atoms with Crippen LogP contribution in [0.4, 0.5) is 29.7 Å². The van der Waals surface area contributed by atoms with Crippen LogP contribution < -0.4 is 10.6 Å². The van der Waals surface area contributed by atoms with Crippen molar-refractivity contribution in [3.63, 3.8) is 0 Å². The van der Waals surface area contributed by atoms with Crippen LogP contribution in [0.3, 0.4) is 0 Å². The first-order chi connectivity index (χ1) is 12.7. The summed E-state index contributed by atoms with van der Waals surface area (Å²) in [5.41, 5.74) is 2.73. The third-order valence-corrected chi connectivity index (χ3v) is 4.68. The Morgan fingerprint density at radius 1 is 1.04 bits per heavy atom. The molecule has 140 valence electrons. The molecule has 0 spiro atoms. The fraction of sp³-hybridized carbons (Fsp3) is 0.158.